The Bertz CT molecular complexity index is 706. The summed E-state index contributed by atoms with van der Waals surface area (Å²) in [4.78, 5) is 14.8. The number of nitrogen functional groups attached to an aromatic ring is 1. The van der Waals surface area contributed by atoms with Crippen molar-refractivity contribution in [1.29, 1.82) is 0 Å². The molecule has 4 nitrogen and oxygen atoms in total. The predicted octanol–water partition coefficient (Wildman–Crippen LogP) is 4.74. The summed E-state index contributed by atoms with van der Waals surface area (Å²) in [5.74, 6) is -0.175. The van der Waals surface area contributed by atoms with Gasteiger partial charge in [-0.3, -0.25) is 9.69 Å². The fourth-order valence-electron chi connectivity index (χ4n) is 3.22. The third-order valence-corrected chi connectivity index (χ3v) is 4.74. The van der Waals surface area contributed by atoms with Crippen molar-refractivity contribution in [2.24, 2.45) is 0 Å². The lowest BCUT2D eigenvalue weighted by atomic mass is 10.0. The number of para-hydroxylation sites is 1. The van der Waals surface area contributed by atoms with Crippen molar-refractivity contribution >= 4 is 42.1 Å². The standard InChI is InChI=1S/C20H25N3O.2ClH/c1-15-6-4-5-13-23(15)14-16-9-11-17(12-10-16)22-20(24)18-7-2-3-8-19(18)21;;/h2-3,7-12,15H,4-6,13-14,21H2,1H3,(H,22,24);2*1H. The summed E-state index contributed by atoms with van der Waals surface area (Å²) in [7, 11) is 0. The molecule has 1 fully saturated rings. The number of nitrogens with two attached hydrogens (primary N) is 1. The largest absolute Gasteiger partial charge is 0.398 e. The number of nitrogens with zero attached hydrogens (tertiary/aromatic N) is 1. The van der Waals surface area contributed by atoms with Crippen molar-refractivity contribution < 1.29 is 4.79 Å². The van der Waals surface area contributed by atoms with Gasteiger partial charge in [0.1, 0.15) is 0 Å². The zero-order valence-corrected chi connectivity index (χ0v) is 16.6. The van der Waals surface area contributed by atoms with Gasteiger partial charge in [-0.1, -0.05) is 30.7 Å². The van der Waals surface area contributed by atoms with Gasteiger partial charge in [-0.2, -0.15) is 0 Å². The van der Waals surface area contributed by atoms with Gasteiger partial charge in [0.05, 0.1) is 5.56 Å². The molecule has 0 radical (unpaired) electrons. The minimum Gasteiger partial charge on any atom is -0.398 e. The Balaban J connectivity index is 0.00000169. The highest BCUT2D eigenvalue weighted by Crippen LogP contribution is 2.20. The van der Waals surface area contributed by atoms with Gasteiger partial charge in [0.2, 0.25) is 0 Å². The summed E-state index contributed by atoms with van der Waals surface area (Å²) in [6.07, 6.45) is 3.91. The van der Waals surface area contributed by atoms with Crippen LogP contribution in [0.3, 0.4) is 0 Å². The lowest BCUT2D eigenvalue weighted by Gasteiger charge is -2.33. The second kappa shape index (κ2) is 10.4. The number of likely N-dealkylation sites (tertiary alicyclic amines) is 1. The van der Waals surface area contributed by atoms with Gasteiger partial charge in [-0.05, 0) is 56.1 Å². The highest BCUT2D eigenvalue weighted by Gasteiger charge is 2.18. The van der Waals surface area contributed by atoms with E-state index < -0.39 is 0 Å². The van der Waals surface area contributed by atoms with Crippen molar-refractivity contribution in [1.82, 2.24) is 4.90 Å². The van der Waals surface area contributed by atoms with Gasteiger partial charge in [0.15, 0.2) is 0 Å². The quantitative estimate of drug-likeness (QED) is 0.734. The molecule has 2 aromatic rings. The second-order valence-electron chi connectivity index (χ2n) is 6.55. The molecule has 26 heavy (non-hydrogen) atoms. The topological polar surface area (TPSA) is 58.4 Å². The maximum Gasteiger partial charge on any atom is 0.257 e. The van der Waals surface area contributed by atoms with E-state index in [2.05, 4.69) is 29.3 Å². The molecular weight excluding hydrogens is 369 g/mol. The molecule has 3 N–H and O–H groups in total. The SMILES string of the molecule is CC1CCCCN1Cc1ccc(NC(=O)c2ccccc2N)cc1.Cl.Cl. The van der Waals surface area contributed by atoms with E-state index in [0.717, 1.165) is 12.2 Å². The molecule has 6 heteroatoms. The maximum absolute atomic E-state index is 12.3. The Kier molecular flexibility index (Phi) is 8.93. The summed E-state index contributed by atoms with van der Waals surface area (Å²) in [5, 5.41) is 2.91. The molecule has 1 heterocycles. The van der Waals surface area contributed by atoms with Crippen molar-refractivity contribution in [3.05, 3.63) is 59.7 Å². The van der Waals surface area contributed by atoms with Crippen LogP contribution in [-0.4, -0.2) is 23.4 Å². The van der Waals surface area contributed by atoms with Gasteiger partial charge < -0.3 is 11.1 Å². The number of piperidine rings is 1. The highest BCUT2D eigenvalue weighted by molar-refractivity contribution is 6.07. The Labute approximate surface area is 168 Å². The number of hydrogen-bond donors (Lipinski definition) is 2. The molecule has 142 valence electrons. The average molecular weight is 396 g/mol. The normalized spacial score (nSPS) is 16.9. The maximum atomic E-state index is 12.3. The van der Waals surface area contributed by atoms with Crippen LogP contribution in [0.2, 0.25) is 0 Å². The molecule has 1 aliphatic rings. The Morgan fingerprint density at radius 2 is 1.81 bits per heavy atom. The van der Waals surface area contributed by atoms with Crippen LogP contribution in [0.5, 0.6) is 0 Å². The van der Waals surface area contributed by atoms with Gasteiger partial charge >= 0.3 is 0 Å². The van der Waals surface area contributed by atoms with E-state index in [4.69, 9.17) is 5.73 Å². The molecule has 1 atom stereocenters. The number of benzene rings is 2. The van der Waals surface area contributed by atoms with Crippen LogP contribution in [0.25, 0.3) is 0 Å². The lowest BCUT2D eigenvalue weighted by Crippen LogP contribution is -2.36. The first kappa shape index (κ1) is 22.3. The Morgan fingerprint density at radius 3 is 2.46 bits per heavy atom. The van der Waals surface area contributed by atoms with Gasteiger partial charge in [-0.25, -0.2) is 0 Å². The fourth-order valence-corrected chi connectivity index (χ4v) is 3.22. The van der Waals surface area contributed by atoms with Crippen molar-refractivity contribution in [3.63, 3.8) is 0 Å². The van der Waals surface area contributed by atoms with Crippen LogP contribution in [0, 0.1) is 0 Å². The Morgan fingerprint density at radius 1 is 1.12 bits per heavy atom. The van der Waals surface area contributed by atoms with E-state index in [9.17, 15) is 4.79 Å². The number of rotatable bonds is 4. The minimum absolute atomic E-state index is 0. The van der Waals surface area contributed by atoms with E-state index in [0.29, 0.717) is 17.3 Å². The zero-order chi connectivity index (χ0) is 16.9. The zero-order valence-electron chi connectivity index (χ0n) is 15.0. The summed E-state index contributed by atoms with van der Waals surface area (Å²) >= 11 is 0. The van der Waals surface area contributed by atoms with E-state index in [1.54, 1.807) is 12.1 Å². The molecule has 0 aromatic heterocycles. The van der Waals surface area contributed by atoms with Crippen molar-refractivity contribution in [2.75, 3.05) is 17.6 Å². The van der Waals surface area contributed by atoms with Gasteiger partial charge in [-0.15, -0.1) is 24.8 Å². The van der Waals surface area contributed by atoms with Crippen LogP contribution in [-0.2, 0) is 6.54 Å². The molecule has 0 saturated carbocycles. The molecule has 0 aliphatic carbocycles. The van der Waals surface area contributed by atoms with Crippen LogP contribution in [0.1, 0.15) is 42.1 Å². The molecule has 3 rings (SSSR count). The number of carbonyl (C=O) groups excluding carboxylic acids is 1. The van der Waals surface area contributed by atoms with E-state index >= 15 is 0 Å². The Hall–Kier alpha value is -1.75. The van der Waals surface area contributed by atoms with Gasteiger partial charge in [0, 0.05) is 24.0 Å². The van der Waals surface area contributed by atoms with E-state index in [1.165, 1.54) is 31.4 Å². The number of hydrogen-bond acceptors (Lipinski definition) is 3. The fraction of sp³-hybridized carbons (Fsp3) is 0.350. The van der Waals surface area contributed by atoms with Crippen LogP contribution in [0.15, 0.2) is 48.5 Å². The van der Waals surface area contributed by atoms with Crippen LogP contribution >= 0.6 is 24.8 Å². The first-order valence-corrected chi connectivity index (χ1v) is 8.62. The second-order valence-corrected chi connectivity index (χ2v) is 6.55. The van der Waals surface area contributed by atoms with Crippen molar-refractivity contribution in [2.45, 2.75) is 38.8 Å². The number of amides is 1. The minimum atomic E-state index is -0.175. The molecule has 0 bridgehead atoms. The first-order valence-electron chi connectivity index (χ1n) is 8.62. The number of anilines is 2. The third-order valence-electron chi connectivity index (χ3n) is 4.74. The number of halogens is 2. The van der Waals surface area contributed by atoms with Crippen molar-refractivity contribution in [3.8, 4) is 0 Å². The lowest BCUT2D eigenvalue weighted by molar-refractivity contribution is 0.102. The van der Waals surface area contributed by atoms with Crippen LogP contribution < -0.4 is 11.1 Å². The predicted molar refractivity (Wildman–Crippen MR) is 113 cm³/mol. The summed E-state index contributed by atoms with van der Waals surface area (Å²) < 4.78 is 0. The molecule has 1 saturated heterocycles. The molecule has 1 aliphatic heterocycles. The molecule has 2 aromatic carbocycles. The van der Waals surface area contributed by atoms with Crippen LogP contribution in [0.4, 0.5) is 11.4 Å². The summed E-state index contributed by atoms with van der Waals surface area (Å²) in [5.41, 5.74) is 8.91. The van der Waals surface area contributed by atoms with Gasteiger partial charge in [0.25, 0.3) is 5.91 Å². The third kappa shape index (κ3) is 5.63. The highest BCUT2D eigenvalue weighted by atomic mass is 35.5. The molecular formula is C20H27Cl2N3O. The summed E-state index contributed by atoms with van der Waals surface area (Å²) in [6, 6.07) is 15.9. The smallest absolute Gasteiger partial charge is 0.257 e. The average Bonchev–Trinajstić information content (AvgIpc) is 2.59. The molecule has 0 spiro atoms. The molecule has 1 unspecified atom stereocenters. The van der Waals surface area contributed by atoms with E-state index in [-0.39, 0.29) is 30.7 Å². The molecule has 1 amide bonds. The summed E-state index contributed by atoms with van der Waals surface area (Å²) in [6.45, 7) is 4.45. The van der Waals surface area contributed by atoms with E-state index in [1.807, 2.05) is 24.3 Å². The number of carbonyl (C=O) groups is 1. The monoisotopic (exact) mass is 395 g/mol. The first-order chi connectivity index (χ1) is 11.6. The number of nitrogens with one attached hydrogen (secondary N) is 1.